The minimum Gasteiger partial charge on any atom is -0.481 e. The second kappa shape index (κ2) is 21.7. The Labute approximate surface area is 414 Å². The summed E-state index contributed by atoms with van der Waals surface area (Å²) in [5.74, 6) is 0.122. The first kappa shape index (κ1) is 48.2. The number of nitrogens with one attached hydrogen (secondary N) is 1. The summed E-state index contributed by atoms with van der Waals surface area (Å²) in [4.78, 5) is 21.0. The Balaban J connectivity index is 0.000000223. The summed E-state index contributed by atoms with van der Waals surface area (Å²) in [6.45, 7) is 5.78. The van der Waals surface area contributed by atoms with E-state index in [0.29, 0.717) is 5.02 Å². The number of nitrogens with zero attached hydrogens (tertiary/aromatic N) is 2. The molecule has 6 aromatic rings. The Bertz CT molecular complexity index is 2670. The van der Waals surface area contributed by atoms with Crippen LogP contribution in [-0.4, -0.2) is 74.5 Å². The van der Waals surface area contributed by atoms with Crippen molar-refractivity contribution in [2.45, 2.75) is 82.5 Å². The molecule has 1 radical (unpaired) electrons. The van der Waals surface area contributed by atoms with Gasteiger partial charge in [-0.2, -0.15) is 11.8 Å². The van der Waals surface area contributed by atoms with Gasteiger partial charge in [-0.1, -0.05) is 108 Å². The number of carbonyl (C=O) groups is 1. The molecule has 0 unspecified atom stereocenters. The Morgan fingerprint density at radius 2 is 1.61 bits per heavy atom. The average Bonchev–Trinajstić information content (AvgIpc) is 4.07. The van der Waals surface area contributed by atoms with Gasteiger partial charge in [0.15, 0.2) is 0 Å². The minimum absolute atomic E-state index is 0. The van der Waals surface area contributed by atoms with E-state index >= 15 is 0 Å². The zero-order chi connectivity index (χ0) is 44.0. The van der Waals surface area contributed by atoms with Crippen molar-refractivity contribution in [3.05, 3.63) is 181 Å². The maximum atomic E-state index is 11.5. The molecule has 0 bridgehead atoms. The largest absolute Gasteiger partial charge is 0.481 e. The summed E-state index contributed by atoms with van der Waals surface area (Å²) in [5, 5.41) is 26.4. The fourth-order valence-corrected chi connectivity index (χ4v) is 10.9. The summed E-state index contributed by atoms with van der Waals surface area (Å²) in [6.07, 6.45) is 14.2. The number of hydrogen-bond donors (Lipinski definition) is 3. The predicted molar refractivity (Wildman–Crippen MR) is 268 cm³/mol. The number of fused-ring (bicyclic) bond motifs is 3. The monoisotopic (exact) mass is 918 g/mol. The molecule has 0 amide bonds. The third-order valence-corrected chi connectivity index (χ3v) is 14.7. The SMILES string of the molecule is CC(C)(O)c1ccccc1CC[C@@H](SCC1(CC(=O)O)CC1)c1cccc(/C=C/c2ccc3ccc(Cl)cc3n2)c1.Clc1ccc2c(c1)CCc1cccnc1C2=C1CCNCC1.[Na]. The number of rotatable bonds is 12. The topological polar surface area (TPSA) is 95.3 Å². The van der Waals surface area contributed by atoms with Gasteiger partial charge in [0, 0.05) is 67.8 Å². The average molecular weight is 920 g/mol. The molecule has 2 aromatic heterocycles. The van der Waals surface area contributed by atoms with Gasteiger partial charge >= 0.3 is 5.97 Å². The van der Waals surface area contributed by atoms with Crippen molar-refractivity contribution in [3.8, 4) is 0 Å². The van der Waals surface area contributed by atoms with Crippen LogP contribution in [-0.2, 0) is 29.7 Å². The maximum Gasteiger partial charge on any atom is 0.303 e. The van der Waals surface area contributed by atoms with Gasteiger partial charge in [0.05, 0.1) is 28.9 Å². The molecule has 2 aliphatic carbocycles. The van der Waals surface area contributed by atoms with E-state index in [4.69, 9.17) is 33.2 Å². The first-order valence-corrected chi connectivity index (χ1v) is 23.9. The Kier molecular flexibility index (Phi) is 16.3. The molecule has 3 heterocycles. The van der Waals surface area contributed by atoms with Gasteiger partial charge in [-0.3, -0.25) is 9.78 Å². The van der Waals surface area contributed by atoms with Crippen LogP contribution >= 0.6 is 35.0 Å². The van der Waals surface area contributed by atoms with Gasteiger partial charge < -0.3 is 15.5 Å². The van der Waals surface area contributed by atoms with Crippen LogP contribution in [0.2, 0.25) is 10.0 Å². The van der Waals surface area contributed by atoms with E-state index in [1.165, 1.54) is 39.1 Å². The third-order valence-electron chi connectivity index (χ3n) is 12.5. The van der Waals surface area contributed by atoms with Crippen LogP contribution in [0.3, 0.4) is 0 Å². The van der Waals surface area contributed by atoms with Crippen LogP contribution in [0.15, 0.2) is 121 Å². The molecule has 64 heavy (non-hydrogen) atoms. The number of thioether (sulfide) groups is 1. The van der Waals surface area contributed by atoms with Crippen molar-refractivity contribution in [2.24, 2.45) is 5.41 Å². The summed E-state index contributed by atoms with van der Waals surface area (Å²) < 4.78 is 0. The van der Waals surface area contributed by atoms with Crippen molar-refractivity contribution in [2.75, 3.05) is 18.8 Å². The van der Waals surface area contributed by atoms with E-state index in [0.717, 1.165) is 109 Å². The van der Waals surface area contributed by atoms with E-state index in [-0.39, 0.29) is 46.6 Å². The molecular weight excluding hydrogens is 865 g/mol. The number of benzene rings is 4. The van der Waals surface area contributed by atoms with Gasteiger partial charge in [0.2, 0.25) is 0 Å². The van der Waals surface area contributed by atoms with Gasteiger partial charge in [-0.25, -0.2) is 4.98 Å². The summed E-state index contributed by atoms with van der Waals surface area (Å²) in [5.41, 5.74) is 13.3. The van der Waals surface area contributed by atoms with Crippen LogP contribution < -0.4 is 5.32 Å². The number of carboxylic acids is 1. The summed E-state index contributed by atoms with van der Waals surface area (Å²) in [6, 6.07) is 37.1. The van der Waals surface area contributed by atoms with Crippen LogP contribution in [0.1, 0.15) is 108 Å². The zero-order valence-electron chi connectivity index (χ0n) is 37.0. The quantitative estimate of drug-likeness (QED) is 0.105. The molecule has 2 fully saturated rings. The first-order valence-electron chi connectivity index (χ1n) is 22.1. The van der Waals surface area contributed by atoms with Gasteiger partial charge in [-0.15, -0.1) is 0 Å². The molecule has 1 atom stereocenters. The molecule has 3 N–H and O–H groups in total. The normalized spacial score (nSPS) is 15.9. The van der Waals surface area contributed by atoms with E-state index in [1.807, 2.05) is 92.5 Å². The standard InChI is InChI=1S/C35H36ClNO3S.C19H19ClN2.Na/c1-34(2,40)30-9-4-3-7-25(30)13-17-32(41-23-35(18-19-35)22-33(38)39)27-8-5-6-24(20-27)10-15-29-16-12-26-11-14-28(36)21-31(26)37-29;20-16-5-6-17-15(12-16)4-3-14-2-1-9-22-19(14)18(17)13-7-10-21-11-8-13;/h3-12,14-16,20-21,32,40H,13,17-19,22-23H2,1-2H3,(H,38,39);1-2,5-6,9,12,21H,3-4,7-8,10-11H2;/b15-10+;;/t32-;;/m1../s1. The van der Waals surface area contributed by atoms with Crippen molar-refractivity contribution < 1.29 is 15.0 Å². The Morgan fingerprint density at radius 1 is 0.859 bits per heavy atom. The number of halogens is 2. The van der Waals surface area contributed by atoms with E-state index < -0.39 is 11.6 Å². The zero-order valence-corrected chi connectivity index (χ0v) is 41.4. The van der Waals surface area contributed by atoms with Gasteiger partial charge in [-0.05, 0) is 165 Å². The first-order chi connectivity index (χ1) is 30.4. The molecule has 9 rings (SSSR count). The minimum atomic E-state index is -0.911. The van der Waals surface area contributed by atoms with Gasteiger partial charge in [0.25, 0.3) is 0 Å². The number of aliphatic carboxylic acids is 1. The Morgan fingerprint density at radius 3 is 2.39 bits per heavy atom. The van der Waals surface area contributed by atoms with Crippen molar-refractivity contribution in [1.29, 1.82) is 0 Å². The third kappa shape index (κ3) is 12.4. The Hall–Kier alpha value is -3.76. The van der Waals surface area contributed by atoms with Crippen LogP contribution in [0.5, 0.6) is 0 Å². The molecular formula is C54H55Cl2N3NaO3S. The predicted octanol–water partition coefficient (Wildman–Crippen LogP) is 12.6. The number of carboxylic acid groups (broad SMARTS) is 1. The molecule has 0 spiro atoms. The molecule has 1 saturated heterocycles. The number of aliphatic hydroxyl groups is 1. The number of aryl methyl sites for hydroxylation is 3. The number of piperidine rings is 1. The molecule has 325 valence electrons. The van der Waals surface area contributed by atoms with Crippen molar-refractivity contribution in [1.82, 2.24) is 15.3 Å². The van der Waals surface area contributed by atoms with Crippen molar-refractivity contribution in [3.63, 3.8) is 0 Å². The van der Waals surface area contributed by atoms with E-state index in [2.05, 4.69) is 66.0 Å². The number of hydrogen-bond acceptors (Lipinski definition) is 6. The molecule has 1 saturated carbocycles. The van der Waals surface area contributed by atoms with Gasteiger partial charge in [0.1, 0.15) is 0 Å². The molecule has 10 heteroatoms. The summed E-state index contributed by atoms with van der Waals surface area (Å²) in [7, 11) is 0. The maximum absolute atomic E-state index is 11.5. The van der Waals surface area contributed by atoms with E-state index in [1.54, 1.807) is 0 Å². The van der Waals surface area contributed by atoms with E-state index in [9.17, 15) is 15.0 Å². The molecule has 1 aliphatic heterocycles. The molecule has 3 aliphatic rings. The molecule has 6 nitrogen and oxygen atoms in total. The summed E-state index contributed by atoms with van der Waals surface area (Å²) >= 11 is 14.3. The molecule has 4 aromatic carbocycles. The van der Waals surface area contributed by atoms with Crippen LogP contribution in [0, 0.1) is 5.41 Å². The number of aromatic nitrogens is 2. The van der Waals surface area contributed by atoms with Crippen molar-refractivity contribution >= 4 is 99.1 Å². The fourth-order valence-electron chi connectivity index (χ4n) is 8.97. The second-order valence-corrected chi connectivity index (χ2v) is 19.8. The number of pyridine rings is 2. The van der Waals surface area contributed by atoms with Crippen LogP contribution in [0.25, 0.3) is 28.6 Å². The fraction of sp³-hybridized carbons (Fsp3) is 0.315. The van der Waals surface area contributed by atoms with Crippen LogP contribution in [0.4, 0.5) is 0 Å². The smallest absolute Gasteiger partial charge is 0.303 e. The second-order valence-electron chi connectivity index (χ2n) is 17.7.